The molecule has 21 heavy (non-hydrogen) atoms. The third-order valence-corrected chi connectivity index (χ3v) is 3.26. The van der Waals surface area contributed by atoms with Crippen molar-refractivity contribution in [3.63, 3.8) is 0 Å². The van der Waals surface area contributed by atoms with Gasteiger partial charge in [0.1, 0.15) is 18.1 Å². The number of aryl methyl sites for hydroxylation is 2. The van der Waals surface area contributed by atoms with Gasteiger partial charge >= 0.3 is 5.97 Å². The Kier molecular flexibility index (Phi) is 4.48. The minimum absolute atomic E-state index is 0.287. The normalized spacial score (nSPS) is 10.2. The van der Waals surface area contributed by atoms with E-state index in [1.54, 1.807) is 32.2 Å². The van der Waals surface area contributed by atoms with Gasteiger partial charge in [-0.05, 0) is 49.7 Å². The van der Waals surface area contributed by atoms with Crippen LogP contribution >= 0.6 is 0 Å². The largest absolute Gasteiger partial charge is 0.496 e. The third kappa shape index (κ3) is 3.54. The fraction of sp³-hybridized carbons (Fsp3) is 0.235. The summed E-state index contributed by atoms with van der Waals surface area (Å²) < 4.78 is 11.0. The van der Waals surface area contributed by atoms with Crippen LogP contribution in [0.4, 0.5) is 0 Å². The Labute approximate surface area is 123 Å². The van der Waals surface area contributed by atoms with Crippen LogP contribution < -0.4 is 9.47 Å². The van der Waals surface area contributed by atoms with Crippen molar-refractivity contribution in [2.75, 3.05) is 7.11 Å². The van der Waals surface area contributed by atoms with Gasteiger partial charge in [0, 0.05) is 5.56 Å². The number of carboxylic acid groups (broad SMARTS) is 1. The van der Waals surface area contributed by atoms with E-state index in [1.807, 2.05) is 25.1 Å². The summed E-state index contributed by atoms with van der Waals surface area (Å²) in [6, 6.07) is 10.9. The molecule has 2 aromatic rings. The second kappa shape index (κ2) is 6.31. The molecule has 1 N–H and O–H groups in total. The van der Waals surface area contributed by atoms with Crippen LogP contribution in [0.25, 0.3) is 0 Å². The van der Waals surface area contributed by atoms with Gasteiger partial charge in [0.25, 0.3) is 0 Å². The van der Waals surface area contributed by atoms with E-state index in [-0.39, 0.29) is 5.56 Å². The number of carbonyl (C=O) groups is 1. The molecule has 0 aliphatic rings. The predicted molar refractivity (Wildman–Crippen MR) is 80.2 cm³/mol. The van der Waals surface area contributed by atoms with Crippen LogP contribution in [-0.2, 0) is 6.61 Å². The second-order valence-electron chi connectivity index (χ2n) is 4.89. The smallest absolute Gasteiger partial charge is 0.335 e. The first-order valence-electron chi connectivity index (χ1n) is 6.61. The molecule has 0 heterocycles. The molecular formula is C17H18O4. The average Bonchev–Trinajstić information content (AvgIpc) is 2.45. The van der Waals surface area contributed by atoms with Gasteiger partial charge in [-0.3, -0.25) is 0 Å². The zero-order valence-corrected chi connectivity index (χ0v) is 12.3. The van der Waals surface area contributed by atoms with Gasteiger partial charge in [-0.15, -0.1) is 0 Å². The highest BCUT2D eigenvalue weighted by atomic mass is 16.5. The van der Waals surface area contributed by atoms with Crippen molar-refractivity contribution in [2.24, 2.45) is 0 Å². The van der Waals surface area contributed by atoms with Gasteiger partial charge in [0.05, 0.1) is 12.7 Å². The molecule has 0 unspecified atom stereocenters. The zero-order valence-electron chi connectivity index (χ0n) is 12.3. The number of aromatic carboxylic acids is 1. The second-order valence-corrected chi connectivity index (χ2v) is 4.89. The van der Waals surface area contributed by atoms with Crippen LogP contribution in [0.1, 0.15) is 27.0 Å². The topological polar surface area (TPSA) is 55.8 Å². The number of benzene rings is 2. The summed E-state index contributed by atoms with van der Waals surface area (Å²) in [6.45, 7) is 4.13. The number of hydrogen-bond donors (Lipinski definition) is 1. The fourth-order valence-electron chi connectivity index (χ4n) is 2.15. The lowest BCUT2D eigenvalue weighted by Crippen LogP contribution is -2.02. The van der Waals surface area contributed by atoms with Crippen molar-refractivity contribution in [2.45, 2.75) is 20.5 Å². The Morgan fingerprint density at radius 1 is 1.14 bits per heavy atom. The van der Waals surface area contributed by atoms with E-state index >= 15 is 0 Å². The van der Waals surface area contributed by atoms with E-state index in [2.05, 4.69) is 0 Å². The van der Waals surface area contributed by atoms with E-state index in [0.29, 0.717) is 17.9 Å². The minimum Gasteiger partial charge on any atom is -0.496 e. The molecule has 0 aliphatic heterocycles. The monoisotopic (exact) mass is 286 g/mol. The maximum absolute atomic E-state index is 11.0. The van der Waals surface area contributed by atoms with Crippen LogP contribution in [0.2, 0.25) is 0 Å². The molecule has 0 atom stereocenters. The molecule has 0 saturated carbocycles. The molecule has 4 nitrogen and oxygen atoms in total. The summed E-state index contributed by atoms with van der Waals surface area (Å²) in [5, 5.41) is 9.01. The van der Waals surface area contributed by atoms with Crippen LogP contribution in [0.15, 0.2) is 36.4 Å². The van der Waals surface area contributed by atoms with Crippen molar-refractivity contribution in [3.8, 4) is 11.5 Å². The zero-order chi connectivity index (χ0) is 15.4. The van der Waals surface area contributed by atoms with Crippen LogP contribution in [-0.4, -0.2) is 18.2 Å². The molecule has 4 heteroatoms. The summed E-state index contributed by atoms with van der Waals surface area (Å²) in [5.74, 6) is 0.486. The molecule has 0 bridgehead atoms. The number of ether oxygens (including phenoxy) is 2. The Hall–Kier alpha value is -2.49. The molecule has 0 fully saturated rings. The first-order chi connectivity index (χ1) is 10.0. The fourth-order valence-corrected chi connectivity index (χ4v) is 2.15. The van der Waals surface area contributed by atoms with E-state index in [0.717, 1.165) is 16.9 Å². The number of hydrogen-bond acceptors (Lipinski definition) is 3. The average molecular weight is 286 g/mol. The van der Waals surface area contributed by atoms with Gasteiger partial charge in [-0.1, -0.05) is 11.6 Å². The summed E-state index contributed by atoms with van der Waals surface area (Å²) in [6.07, 6.45) is 0. The number of carboxylic acids is 1. The van der Waals surface area contributed by atoms with Gasteiger partial charge in [-0.25, -0.2) is 4.79 Å². The minimum atomic E-state index is -0.931. The van der Waals surface area contributed by atoms with E-state index in [4.69, 9.17) is 14.6 Å². The molecular weight excluding hydrogens is 268 g/mol. The van der Waals surface area contributed by atoms with E-state index in [9.17, 15) is 4.79 Å². The van der Waals surface area contributed by atoms with Gasteiger partial charge < -0.3 is 14.6 Å². The Morgan fingerprint density at radius 3 is 2.52 bits per heavy atom. The van der Waals surface area contributed by atoms with Crippen molar-refractivity contribution in [3.05, 3.63) is 58.7 Å². The molecule has 0 saturated heterocycles. The third-order valence-electron chi connectivity index (χ3n) is 3.26. The predicted octanol–water partition coefficient (Wildman–Crippen LogP) is 3.59. The van der Waals surface area contributed by atoms with Crippen LogP contribution in [0, 0.1) is 13.8 Å². The van der Waals surface area contributed by atoms with E-state index in [1.165, 1.54) is 0 Å². The maximum atomic E-state index is 11.0. The number of methoxy groups -OCH3 is 1. The molecule has 0 amide bonds. The maximum Gasteiger partial charge on any atom is 0.335 e. The SMILES string of the molecule is COc1ccc(C)cc1COc1ccc(C(=O)O)c(C)c1. The summed E-state index contributed by atoms with van der Waals surface area (Å²) in [5.41, 5.74) is 3.05. The molecule has 2 aromatic carbocycles. The highest BCUT2D eigenvalue weighted by molar-refractivity contribution is 5.89. The first kappa shape index (κ1) is 14.9. The van der Waals surface area contributed by atoms with Crippen LogP contribution in [0.5, 0.6) is 11.5 Å². The van der Waals surface area contributed by atoms with Gasteiger partial charge in [0.15, 0.2) is 0 Å². The Morgan fingerprint density at radius 2 is 1.90 bits per heavy atom. The Bertz CT molecular complexity index is 662. The first-order valence-corrected chi connectivity index (χ1v) is 6.61. The van der Waals surface area contributed by atoms with Crippen LogP contribution in [0.3, 0.4) is 0 Å². The van der Waals surface area contributed by atoms with Crippen molar-refractivity contribution in [1.82, 2.24) is 0 Å². The number of rotatable bonds is 5. The lowest BCUT2D eigenvalue weighted by atomic mass is 10.1. The lowest BCUT2D eigenvalue weighted by Gasteiger charge is -2.12. The van der Waals surface area contributed by atoms with E-state index < -0.39 is 5.97 Å². The summed E-state index contributed by atoms with van der Waals surface area (Å²) >= 11 is 0. The highest BCUT2D eigenvalue weighted by Gasteiger charge is 2.09. The quantitative estimate of drug-likeness (QED) is 0.912. The molecule has 2 rings (SSSR count). The molecule has 0 spiro atoms. The summed E-state index contributed by atoms with van der Waals surface area (Å²) in [7, 11) is 1.62. The standard InChI is InChI=1S/C17H18O4/c1-11-4-7-16(20-3)13(8-11)10-21-14-5-6-15(17(18)19)12(2)9-14/h4-9H,10H2,1-3H3,(H,18,19). The van der Waals surface area contributed by atoms with Crippen molar-refractivity contribution in [1.29, 1.82) is 0 Å². The van der Waals surface area contributed by atoms with Crippen molar-refractivity contribution >= 4 is 5.97 Å². The molecule has 0 aromatic heterocycles. The summed E-state index contributed by atoms with van der Waals surface area (Å²) in [4.78, 5) is 11.0. The van der Waals surface area contributed by atoms with Gasteiger partial charge in [-0.2, -0.15) is 0 Å². The highest BCUT2D eigenvalue weighted by Crippen LogP contribution is 2.23. The Balaban J connectivity index is 2.15. The molecule has 0 radical (unpaired) electrons. The molecule has 0 aliphatic carbocycles. The molecule has 110 valence electrons. The lowest BCUT2D eigenvalue weighted by molar-refractivity contribution is 0.0696. The van der Waals surface area contributed by atoms with Crippen molar-refractivity contribution < 1.29 is 19.4 Å². The van der Waals surface area contributed by atoms with Gasteiger partial charge in [0.2, 0.25) is 0 Å².